The first-order valence-electron chi connectivity index (χ1n) is 23.9. The molecule has 0 aliphatic heterocycles. The molecule has 2 saturated carbocycles. The van der Waals surface area contributed by atoms with Gasteiger partial charge in [0, 0.05) is 11.8 Å². The van der Waals surface area contributed by atoms with E-state index in [-0.39, 0.29) is 66.3 Å². The van der Waals surface area contributed by atoms with Crippen LogP contribution in [0.1, 0.15) is 130 Å². The number of ether oxygens (including phenoxy) is 5. The maximum atomic E-state index is 13.1. The third-order valence-corrected chi connectivity index (χ3v) is 23.1. The molecular formula is C53H72Cl2O15Si2. The third-order valence-electron chi connectivity index (χ3n) is 13.8. The minimum absolute atomic E-state index is 0.0431. The van der Waals surface area contributed by atoms with Crippen LogP contribution >= 0.6 is 23.2 Å². The summed E-state index contributed by atoms with van der Waals surface area (Å²) in [5, 5.41) is 9.11. The van der Waals surface area contributed by atoms with Crippen LogP contribution in [0, 0.1) is 30.6 Å². The van der Waals surface area contributed by atoms with E-state index >= 15 is 0 Å². The molecule has 2 aliphatic rings. The molecule has 2 fully saturated rings. The molecule has 0 unspecified atom stereocenters. The van der Waals surface area contributed by atoms with Gasteiger partial charge in [-0.1, -0.05) is 47.6 Å². The molecule has 396 valence electrons. The van der Waals surface area contributed by atoms with Gasteiger partial charge in [-0.2, -0.15) is 0 Å². The van der Waals surface area contributed by atoms with Crippen LogP contribution < -0.4 is 18.3 Å². The van der Waals surface area contributed by atoms with Crippen molar-refractivity contribution >= 4 is 80.2 Å². The molecule has 0 atom stereocenters. The maximum Gasteiger partial charge on any atom is 0.341 e. The van der Waals surface area contributed by atoms with Crippen LogP contribution in [0.25, 0.3) is 0 Å². The number of aromatic hydroxyl groups is 1. The lowest BCUT2D eigenvalue weighted by atomic mass is 9.82. The highest BCUT2D eigenvalue weighted by Gasteiger charge is 2.41. The molecule has 0 aromatic heterocycles. The van der Waals surface area contributed by atoms with Crippen molar-refractivity contribution < 1.29 is 71.2 Å². The number of esters is 5. The summed E-state index contributed by atoms with van der Waals surface area (Å²) < 4.78 is 38.0. The van der Waals surface area contributed by atoms with Crippen molar-refractivity contribution in [1.82, 2.24) is 0 Å². The monoisotopic (exact) mass is 1070 g/mol. The van der Waals surface area contributed by atoms with Gasteiger partial charge in [-0.3, -0.25) is 19.2 Å². The van der Waals surface area contributed by atoms with Crippen LogP contribution in [-0.4, -0.2) is 83.4 Å². The number of carbonyl (C=O) groups is 7. The number of benzene rings is 3. The molecule has 3 aromatic carbocycles. The molecule has 19 heteroatoms. The molecule has 15 nitrogen and oxygen atoms in total. The smallest absolute Gasteiger partial charge is 0.341 e. The molecule has 5 rings (SSSR count). The summed E-state index contributed by atoms with van der Waals surface area (Å²) >= 11 is 10.7. The predicted molar refractivity (Wildman–Crippen MR) is 279 cm³/mol. The van der Waals surface area contributed by atoms with Crippen molar-refractivity contribution in [3.05, 3.63) is 76.9 Å². The van der Waals surface area contributed by atoms with Crippen LogP contribution in [0.15, 0.2) is 54.6 Å². The van der Waals surface area contributed by atoms with Crippen molar-refractivity contribution in [1.29, 1.82) is 0 Å². The second-order valence-electron chi connectivity index (χ2n) is 21.1. The van der Waals surface area contributed by atoms with Crippen molar-refractivity contribution in [3.8, 4) is 28.7 Å². The number of halogens is 2. The van der Waals surface area contributed by atoms with E-state index in [9.17, 15) is 38.7 Å². The average Bonchev–Trinajstić information content (AvgIpc) is 3.31. The van der Waals surface area contributed by atoms with Gasteiger partial charge in [0.05, 0.1) is 33.2 Å². The van der Waals surface area contributed by atoms with Crippen LogP contribution in [0.3, 0.4) is 0 Å². The van der Waals surface area contributed by atoms with Crippen molar-refractivity contribution in [2.24, 2.45) is 23.7 Å². The largest absolute Gasteiger partial charge is 0.543 e. The highest BCUT2D eigenvalue weighted by Crippen LogP contribution is 2.40. The molecule has 0 amide bonds. The lowest BCUT2D eigenvalue weighted by Crippen LogP contribution is -2.43. The van der Waals surface area contributed by atoms with Gasteiger partial charge in [-0.05, 0) is 172 Å². The highest BCUT2D eigenvalue weighted by atomic mass is 35.5. The van der Waals surface area contributed by atoms with Gasteiger partial charge in [-0.25, -0.2) is 14.4 Å². The first kappa shape index (κ1) is 61.1. The van der Waals surface area contributed by atoms with Gasteiger partial charge in [0.1, 0.15) is 45.4 Å². The topological polar surface area (TPSA) is 204 Å². The zero-order chi connectivity index (χ0) is 54.5. The Hall–Kier alpha value is -5.24. The van der Waals surface area contributed by atoms with Crippen LogP contribution in [0.4, 0.5) is 0 Å². The fourth-order valence-corrected chi connectivity index (χ4v) is 9.66. The van der Waals surface area contributed by atoms with Crippen molar-refractivity contribution in [3.63, 3.8) is 0 Å². The van der Waals surface area contributed by atoms with E-state index in [0.717, 1.165) is 5.56 Å². The minimum atomic E-state index is -2.16. The van der Waals surface area contributed by atoms with E-state index in [1.165, 1.54) is 33.5 Å². The second-order valence-corrected chi connectivity index (χ2v) is 31.3. The molecule has 2 aliphatic carbocycles. The molecular weight excluding hydrogens is 1000 g/mol. The number of phenolic OH excluding ortho intramolecular Hbond substituents is 1. The fraction of sp³-hybridized carbons (Fsp3) is 0.528. The van der Waals surface area contributed by atoms with Gasteiger partial charge in [0.15, 0.2) is 0 Å². The van der Waals surface area contributed by atoms with E-state index in [1.807, 2.05) is 6.92 Å². The summed E-state index contributed by atoms with van der Waals surface area (Å²) in [5.41, 5.74) is 1.24. The number of hydrogen-bond acceptors (Lipinski definition) is 15. The summed E-state index contributed by atoms with van der Waals surface area (Å²) in [7, 11) is -0.318. The molecule has 0 spiro atoms. The van der Waals surface area contributed by atoms with Gasteiger partial charge >= 0.3 is 29.8 Å². The summed E-state index contributed by atoms with van der Waals surface area (Å²) in [6, 6.07) is 14.4. The van der Waals surface area contributed by atoms with Gasteiger partial charge in [0.2, 0.25) is 27.1 Å². The minimum Gasteiger partial charge on any atom is -0.543 e. The number of methoxy groups -OCH3 is 3. The van der Waals surface area contributed by atoms with E-state index in [1.54, 1.807) is 42.5 Å². The average molecular weight is 1080 g/mol. The molecule has 1 N–H and O–H groups in total. The molecule has 72 heavy (non-hydrogen) atoms. The molecule has 3 aromatic rings. The van der Waals surface area contributed by atoms with E-state index in [2.05, 4.69) is 72.5 Å². The van der Waals surface area contributed by atoms with Crippen LogP contribution in [0.2, 0.25) is 36.3 Å². The first-order valence-corrected chi connectivity index (χ1v) is 30.5. The lowest BCUT2D eigenvalue weighted by molar-refractivity contribution is -0.145. The Morgan fingerprint density at radius 2 is 0.819 bits per heavy atom. The fourth-order valence-electron chi connectivity index (χ4n) is 7.18. The third kappa shape index (κ3) is 17.2. The standard InChI is InChI=1S/C31H40O9Si.C14H22O4Si.C8H10Cl2O2/c1-19-9-15-25(23(17-19)29(34)36-5)38-27(32)20-10-12-21(13-11-20)28(33)39-26-16-14-22(18-24(26)30(35)37-6)40-41(7,8)31(2,3)4;1-14(2,3)19(5,6)18-10-7-8-12(15)11(9-10)13(16)17-4;9-7(11)5-1-2-6(4-3-5)8(10)12/h9,14-18,20-21H,10-13H2,1-8H3;7-9,15H,1-6H3;5-6H,1-4H2. The second kappa shape index (κ2) is 26.1. The number of carbonyl (C=O) groups excluding carboxylic acids is 7. The molecule has 0 heterocycles. The summed E-state index contributed by atoms with van der Waals surface area (Å²) in [5.74, 6) is -2.49. The van der Waals surface area contributed by atoms with E-state index in [0.29, 0.717) is 62.9 Å². The highest BCUT2D eigenvalue weighted by molar-refractivity contribution is 6.75. The summed E-state index contributed by atoms with van der Waals surface area (Å²) in [6.07, 6.45) is 4.46. The lowest BCUT2D eigenvalue weighted by Gasteiger charge is -2.36. The number of aryl methyl sites for hydroxylation is 1. The van der Waals surface area contributed by atoms with Crippen LogP contribution in [-0.2, 0) is 33.4 Å². The van der Waals surface area contributed by atoms with E-state index in [4.69, 9.17) is 51.0 Å². The first-order chi connectivity index (χ1) is 33.4. The number of phenols is 1. The SMILES string of the molecule is COC(=O)c1cc(C)ccc1OC(=O)C1CCC(C(=O)Oc2ccc(O[Si](C)(C)C(C)(C)C)cc2C(=O)OC)CC1.COC(=O)c1cc(O[Si](C)(C)C(C)(C)C)ccc1O.O=C(Cl)C1CCC(C(=O)Cl)CC1. The Morgan fingerprint density at radius 3 is 1.18 bits per heavy atom. The normalized spacial score (nSPS) is 18.0. The Labute approximate surface area is 436 Å². The van der Waals surface area contributed by atoms with Gasteiger partial charge in [-0.15, -0.1) is 0 Å². The van der Waals surface area contributed by atoms with Crippen molar-refractivity contribution in [2.75, 3.05) is 21.3 Å². The quantitative estimate of drug-likeness (QED) is 0.0556. The Kier molecular flexibility index (Phi) is 22.2. The maximum absolute atomic E-state index is 13.1. The van der Waals surface area contributed by atoms with Gasteiger partial charge in [0.25, 0.3) is 0 Å². The Balaban J connectivity index is 0.000000360. The predicted octanol–water partition coefficient (Wildman–Crippen LogP) is 12.2. The molecule has 0 saturated heterocycles. The Bertz CT molecular complexity index is 2400. The zero-order valence-electron chi connectivity index (χ0n) is 44.1. The summed E-state index contributed by atoms with van der Waals surface area (Å²) in [6.45, 7) is 23.0. The van der Waals surface area contributed by atoms with Crippen molar-refractivity contribution in [2.45, 2.75) is 136 Å². The molecule has 0 bridgehead atoms. The van der Waals surface area contributed by atoms with Crippen LogP contribution in [0.5, 0.6) is 28.7 Å². The number of rotatable bonds is 13. The zero-order valence-corrected chi connectivity index (χ0v) is 47.6. The summed E-state index contributed by atoms with van der Waals surface area (Å²) in [4.78, 5) is 83.6. The van der Waals surface area contributed by atoms with E-state index < -0.39 is 58.3 Å². The Morgan fingerprint density at radius 1 is 0.500 bits per heavy atom. The van der Waals surface area contributed by atoms with Gasteiger partial charge < -0.3 is 37.6 Å². The molecule has 0 radical (unpaired) electrons. The number of hydrogen-bond donors (Lipinski definition) is 1.